The molecule has 0 fully saturated rings. The minimum Gasteiger partial charge on any atom is -0.383 e. The molecule has 2 rings (SSSR count). The van der Waals surface area contributed by atoms with Crippen LogP contribution in [0.3, 0.4) is 0 Å². The highest BCUT2D eigenvalue weighted by molar-refractivity contribution is 6.33. The highest BCUT2D eigenvalue weighted by Crippen LogP contribution is 2.34. The molecule has 2 aromatic carbocycles. The second-order valence-corrected chi connectivity index (χ2v) is 6.46. The van der Waals surface area contributed by atoms with Crippen molar-refractivity contribution in [2.75, 3.05) is 19.0 Å². The predicted molar refractivity (Wildman–Crippen MR) is 98.7 cm³/mol. The molecule has 0 saturated heterocycles. The Morgan fingerprint density at radius 1 is 1.19 bits per heavy atom. The molecule has 0 aliphatic carbocycles. The smallest absolute Gasteiger partial charge is 0.383 e. The monoisotopic (exact) mass is 400 g/mol. The lowest BCUT2D eigenvalue weighted by atomic mass is 10.0. The van der Waals surface area contributed by atoms with Gasteiger partial charge in [-0.15, -0.1) is 0 Å². The summed E-state index contributed by atoms with van der Waals surface area (Å²) < 4.78 is 43.9. The van der Waals surface area contributed by atoms with E-state index in [0.717, 1.165) is 18.2 Å². The molecular formula is C19H20ClF3N2O2. The third-order valence-electron chi connectivity index (χ3n) is 3.81. The Bertz CT molecular complexity index is 769. The van der Waals surface area contributed by atoms with Crippen LogP contribution in [0, 0.1) is 0 Å². The summed E-state index contributed by atoms with van der Waals surface area (Å²) in [5.41, 5.74) is -0.321. The maximum atomic E-state index is 12.9. The van der Waals surface area contributed by atoms with Crippen LogP contribution in [0.4, 0.5) is 18.9 Å². The van der Waals surface area contributed by atoms with E-state index in [1.807, 2.05) is 6.92 Å². The largest absolute Gasteiger partial charge is 0.416 e. The van der Waals surface area contributed by atoms with Crippen LogP contribution in [0.2, 0.25) is 5.02 Å². The van der Waals surface area contributed by atoms with Crippen LogP contribution in [0.5, 0.6) is 0 Å². The number of benzene rings is 2. The fourth-order valence-corrected chi connectivity index (χ4v) is 2.72. The van der Waals surface area contributed by atoms with E-state index in [1.54, 1.807) is 30.3 Å². The Kier molecular flexibility index (Phi) is 7.24. The second-order valence-electron chi connectivity index (χ2n) is 6.05. The summed E-state index contributed by atoms with van der Waals surface area (Å²) in [6.07, 6.45) is -4.53. The number of carbonyl (C=O) groups excluding carboxylic acids is 1. The van der Waals surface area contributed by atoms with Crippen molar-refractivity contribution in [2.24, 2.45) is 0 Å². The van der Waals surface area contributed by atoms with Gasteiger partial charge in [0.15, 0.2) is 0 Å². The van der Waals surface area contributed by atoms with Crippen molar-refractivity contribution in [3.05, 3.63) is 64.7 Å². The highest BCUT2D eigenvalue weighted by atomic mass is 35.5. The molecule has 8 heteroatoms. The van der Waals surface area contributed by atoms with Crippen molar-refractivity contribution in [1.82, 2.24) is 5.32 Å². The Labute approximate surface area is 160 Å². The van der Waals surface area contributed by atoms with Gasteiger partial charge in [-0.3, -0.25) is 10.1 Å². The summed E-state index contributed by atoms with van der Waals surface area (Å²) >= 11 is 5.97. The van der Waals surface area contributed by atoms with Gasteiger partial charge in [0.1, 0.15) is 6.04 Å². The molecule has 1 amide bonds. The van der Waals surface area contributed by atoms with Gasteiger partial charge in [0, 0.05) is 13.2 Å². The molecule has 0 radical (unpaired) electrons. The van der Waals surface area contributed by atoms with Gasteiger partial charge in [0.25, 0.3) is 0 Å². The number of nitrogens with one attached hydrogen (secondary N) is 2. The van der Waals surface area contributed by atoms with Gasteiger partial charge in [-0.1, -0.05) is 41.9 Å². The maximum Gasteiger partial charge on any atom is 0.416 e. The molecule has 0 saturated carbocycles. The number of rotatable bonds is 7. The van der Waals surface area contributed by atoms with Gasteiger partial charge in [0.05, 0.1) is 22.9 Å². The quantitative estimate of drug-likeness (QED) is 0.710. The van der Waals surface area contributed by atoms with Crippen LogP contribution in [0.15, 0.2) is 48.5 Å². The van der Waals surface area contributed by atoms with Crippen LogP contribution >= 0.6 is 11.6 Å². The summed E-state index contributed by atoms with van der Waals surface area (Å²) in [5.74, 6) is -0.523. The number of hydrogen-bond donors (Lipinski definition) is 2. The summed E-state index contributed by atoms with van der Waals surface area (Å²) in [6.45, 7) is 2.20. The molecule has 0 aliphatic heterocycles. The van der Waals surface area contributed by atoms with Crippen LogP contribution < -0.4 is 10.6 Å². The third kappa shape index (κ3) is 5.95. The lowest BCUT2D eigenvalue weighted by Gasteiger charge is -2.23. The van der Waals surface area contributed by atoms with Crippen molar-refractivity contribution in [3.63, 3.8) is 0 Å². The average Bonchev–Trinajstić information content (AvgIpc) is 2.61. The summed E-state index contributed by atoms with van der Waals surface area (Å²) in [6, 6.07) is 10.7. The number of halogens is 4. The fourth-order valence-electron chi connectivity index (χ4n) is 2.55. The van der Waals surface area contributed by atoms with Crippen LogP contribution in [0.1, 0.15) is 24.1 Å². The SMILES string of the molecule is COC[C@@H](C)N[C@H](C(=O)Nc1cc(C(F)(F)F)ccc1Cl)c1ccccc1. The van der Waals surface area contributed by atoms with Gasteiger partial charge in [-0.2, -0.15) is 13.2 Å². The molecule has 0 heterocycles. The zero-order valence-electron chi connectivity index (χ0n) is 14.8. The van der Waals surface area contributed by atoms with Crippen LogP contribution in [-0.2, 0) is 15.7 Å². The van der Waals surface area contributed by atoms with Gasteiger partial charge < -0.3 is 10.1 Å². The van der Waals surface area contributed by atoms with Crippen LogP contribution in [-0.4, -0.2) is 25.7 Å². The number of ether oxygens (including phenoxy) is 1. The molecule has 2 N–H and O–H groups in total. The zero-order valence-corrected chi connectivity index (χ0v) is 15.6. The molecule has 27 heavy (non-hydrogen) atoms. The summed E-state index contributed by atoms with van der Waals surface area (Å²) in [7, 11) is 1.54. The van der Waals surface area contributed by atoms with E-state index in [9.17, 15) is 18.0 Å². The first-order valence-electron chi connectivity index (χ1n) is 8.20. The molecule has 146 valence electrons. The molecule has 0 aromatic heterocycles. The van der Waals surface area contributed by atoms with E-state index in [1.165, 1.54) is 7.11 Å². The minimum atomic E-state index is -4.53. The number of alkyl halides is 3. The standard InChI is InChI=1S/C19H20ClF3N2O2/c1-12(11-27-2)24-17(13-6-4-3-5-7-13)18(26)25-16-10-14(19(21,22)23)8-9-15(16)20/h3-10,12,17,24H,11H2,1-2H3,(H,25,26)/t12-,17+/m1/s1. The molecule has 0 unspecified atom stereocenters. The number of hydrogen-bond acceptors (Lipinski definition) is 3. The van der Waals surface area contributed by atoms with Crippen molar-refractivity contribution >= 4 is 23.2 Å². The molecule has 0 spiro atoms. The highest BCUT2D eigenvalue weighted by Gasteiger charge is 2.31. The summed E-state index contributed by atoms with van der Waals surface area (Å²) in [5, 5.41) is 5.63. The second kappa shape index (κ2) is 9.21. The number of amides is 1. The lowest BCUT2D eigenvalue weighted by molar-refractivity contribution is -0.137. The molecular weight excluding hydrogens is 381 g/mol. The van der Waals surface area contributed by atoms with Crippen molar-refractivity contribution < 1.29 is 22.7 Å². The van der Waals surface area contributed by atoms with Crippen LogP contribution in [0.25, 0.3) is 0 Å². The molecule has 2 aromatic rings. The van der Waals surface area contributed by atoms with E-state index >= 15 is 0 Å². The lowest BCUT2D eigenvalue weighted by Crippen LogP contribution is -2.40. The maximum absolute atomic E-state index is 12.9. The van der Waals surface area contributed by atoms with Gasteiger partial charge in [-0.05, 0) is 30.7 Å². The predicted octanol–water partition coefficient (Wildman–Crippen LogP) is 4.66. The van der Waals surface area contributed by atoms with Crippen molar-refractivity contribution in [2.45, 2.75) is 25.2 Å². The third-order valence-corrected chi connectivity index (χ3v) is 4.14. The van der Waals surface area contributed by atoms with E-state index in [2.05, 4.69) is 10.6 Å². The normalized spacial score (nSPS) is 13.9. The number of carbonyl (C=O) groups is 1. The Morgan fingerprint density at radius 3 is 2.44 bits per heavy atom. The molecule has 2 atom stereocenters. The summed E-state index contributed by atoms with van der Waals surface area (Å²) in [4.78, 5) is 12.8. The first-order valence-corrected chi connectivity index (χ1v) is 8.57. The van der Waals surface area contributed by atoms with E-state index in [0.29, 0.717) is 12.2 Å². The topological polar surface area (TPSA) is 50.4 Å². The Morgan fingerprint density at radius 2 is 1.85 bits per heavy atom. The first-order chi connectivity index (χ1) is 12.7. The Hall–Kier alpha value is -2.09. The molecule has 0 aliphatic rings. The van der Waals surface area contributed by atoms with Crippen molar-refractivity contribution in [3.8, 4) is 0 Å². The number of anilines is 1. The van der Waals surface area contributed by atoms with Crippen molar-refractivity contribution in [1.29, 1.82) is 0 Å². The van der Waals surface area contributed by atoms with E-state index < -0.39 is 23.7 Å². The molecule has 4 nitrogen and oxygen atoms in total. The zero-order chi connectivity index (χ0) is 20.0. The van der Waals surface area contributed by atoms with Gasteiger partial charge in [-0.25, -0.2) is 0 Å². The fraction of sp³-hybridized carbons (Fsp3) is 0.316. The van der Waals surface area contributed by atoms with E-state index in [4.69, 9.17) is 16.3 Å². The van der Waals surface area contributed by atoms with Gasteiger partial charge in [0.2, 0.25) is 5.91 Å². The minimum absolute atomic E-state index is 0.0214. The number of methoxy groups -OCH3 is 1. The first kappa shape index (κ1) is 21.2. The Balaban J connectivity index is 2.28. The average molecular weight is 401 g/mol. The van der Waals surface area contributed by atoms with E-state index in [-0.39, 0.29) is 16.8 Å². The van der Waals surface area contributed by atoms with Gasteiger partial charge >= 0.3 is 6.18 Å². The molecule has 0 bridgehead atoms.